The number of hydrogen-bond donors (Lipinski definition) is 2. The number of aryl methyl sites for hydroxylation is 1. The summed E-state index contributed by atoms with van der Waals surface area (Å²) in [6.45, 7) is 2.87. The van der Waals surface area contributed by atoms with E-state index in [1.54, 1.807) is 0 Å². The summed E-state index contributed by atoms with van der Waals surface area (Å²) >= 11 is 0. The van der Waals surface area contributed by atoms with Crippen molar-refractivity contribution >= 4 is 0 Å². The van der Waals surface area contributed by atoms with Crippen LogP contribution in [-0.2, 0) is 12.8 Å². The van der Waals surface area contributed by atoms with E-state index in [0.717, 1.165) is 18.6 Å². The van der Waals surface area contributed by atoms with Crippen LogP contribution in [0.3, 0.4) is 0 Å². The van der Waals surface area contributed by atoms with Gasteiger partial charge >= 0.3 is 0 Å². The summed E-state index contributed by atoms with van der Waals surface area (Å²) in [6, 6.07) is 17.2. The van der Waals surface area contributed by atoms with Crippen LogP contribution < -0.4 is 16.0 Å². The minimum atomic E-state index is 0.182. The van der Waals surface area contributed by atoms with Gasteiger partial charge in [0.2, 0.25) is 0 Å². The van der Waals surface area contributed by atoms with Crippen molar-refractivity contribution in [1.82, 2.24) is 5.43 Å². The molecule has 2 unspecified atom stereocenters. The third-order valence-electron chi connectivity index (χ3n) is 4.32. The molecule has 110 valence electrons. The Balaban J connectivity index is 1.76. The Morgan fingerprint density at radius 2 is 1.86 bits per heavy atom. The first-order valence-corrected chi connectivity index (χ1v) is 7.57. The lowest BCUT2D eigenvalue weighted by Gasteiger charge is -2.22. The van der Waals surface area contributed by atoms with Crippen molar-refractivity contribution < 1.29 is 4.74 Å². The summed E-state index contributed by atoms with van der Waals surface area (Å²) in [5.74, 6) is 7.10. The van der Waals surface area contributed by atoms with Crippen LogP contribution >= 0.6 is 0 Å². The number of nitrogens with two attached hydrogens (primary N) is 1. The summed E-state index contributed by atoms with van der Waals surface area (Å²) in [5.41, 5.74) is 6.91. The van der Waals surface area contributed by atoms with Crippen LogP contribution in [0.25, 0.3) is 0 Å². The number of benzene rings is 2. The predicted octanol–water partition coefficient (Wildman–Crippen LogP) is 2.80. The molecule has 3 rings (SSSR count). The quantitative estimate of drug-likeness (QED) is 0.655. The molecular formula is C18H22N2O. The number of nitrogens with one attached hydrogen (secondary N) is 1. The molecule has 0 saturated heterocycles. The van der Waals surface area contributed by atoms with Crippen molar-refractivity contribution in [3.05, 3.63) is 65.2 Å². The lowest BCUT2D eigenvalue weighted by Crippen LogP contribution is -2.42. The van der Waals surface area contributed by atoms with Gasteiger partial charge in [0, 0.05) is 17.5 Å². The van der Waals surface area contributed by atoms with Crippen molar-refractivity contribution in [1.29, 1.82) is 0 Å². The molecule has 0 aromatic heterocycles. The first-order chi connectivity index (χ1) is 10.3. The molecule has 0 amide bonds. The molecule has 1 aliphatic heterocycles. The number of ether oxygens (including phenoxy) is 1. The van der Waals surface area contributed by atoms with Gasteiger partial charge in [0.1, 0.15) is 5.75 Å². The predicted molar refractivity (Wildman–Crippen MR) is 85.3 cm³/mol. The summed E-state index contributed by atoms with van der Waals surface area (Å²) in [6.07, 6.45) is 1.98. The summed E-state index contributed by atoms with van der Waals surface area (Å²) in [4.78, 5) is 0. The number of hydrazine groups is 1. The van der Waals surface area contributed by atoms with Gasteiger partial charge in [-0.25, -0.2) is 0 Å². The first-order valence-electron chi connectivity index (χ1n) is 7.57. The molecular weight excluding hydrogens is 260 g/mol. The topological polar surface area (TPSA) is 47.3 Å². The zero-order valence-corrected chi connectivity index (χ0v) is 12.4. The van der Waals surface area contributed by atoms with Crippen molar-refractivity contribution in [2.24, 2.45) is 5.84 Å². The molecule has 3 N–H and O–H groups in total. The van der Waals surface area contributed by atoms with E-state index in [-0.39, 0.29) is 6.04 Å². The molecule has 1 heterocycles. The summed E-state index contributed by atoms with van der Waals surface area (Å²) in [5, 5.41) is 0. The highest BCUT2D eigenvalue weighted by atomic mass is 16.5. The number of fused-ring (bicyclic) bond motifs is 1. The molecule has 2 aromatic rings. The number of rotatable bonds is 5. The molecule has 0 spiro atoms. The Morgan fingerprint density at radius 1 is 1.14 bits per heavy atom. The fourth-order valence-corrected chi connectivity index (χ4v) is 3.00. The first kappa shape index (κ1) is 14.1. The van der Waals surface area contributed by atoms with E-state index in [2.05, 4.69) is 48.7 Å². The van der Waals surface area contributed by atoms with Gasteiger partial charge in [-0.2, -0.15) is 0 Å². The lowest BCUT2D eigenvalue weighted by atomic mass is 9.89. The second kappa shape index (κ2) is 6.29. The van der Waals surface area contributed by atoms with Crippen LogP contribution in [0.5, 0.6) is 5.75 Å². The molecule has 0 saturated carbocycles. The Labute approximate surface area is 126 Å². The minimum absolute atomic E-state index is 0.182. The van der Waals surface area contributed by atoms with Gasteiger partial charge in [-0.05, 0) is 30.0 Å². The van der Waals surface area contributed by atoms with Gasteiger partial charge in [0.25, 0.3) is 0 Å². The van der Waals surface area contributed by atoms with Gasteiger partial charge in [-0.1, -0.05) is 49.4 Å². The molecule has 3 nitrogen and oxygen atoms in total. The zero-order valence-electron chi connectivity index (χ0n) is 12.4. The highest BCUT2D eigenvalue weighted by molar-refractivity contribution is 5.41. The molecule has 0 fully saturated rings. The maximum Gasteiger partial charge on any atom is 0.122 e. The van der Waals surface area contributed by atoms with E-state index in [9.17, 15) is 0 Å². The molecule has 0 aliphatic carbocycles. The maximum absolute atomic E-state index is 5.81. The van der Waals surface area contributed by atoms with E-state index in [1.165, 1.54) is 16.7 Å². The Morgan fingerprint density at radius 3 is 2.57 bits per heavy atom. The molecule has 2 atom stereocenters. The number of hydrogen-bond acceptors (Lipinski definition) is 3. The lowest BCUT2D eigenvalue weighted by molar-refractivity contribution is 0.297. The van der Waals surface area contributed by atoms with E-state index >= 15 is 0 Å². The van der Waals surface area contributed by atoms with Gasteiger partial charge in [0.15, 0.2) is 0 Å². The summed E-state index contributed by atoms with van der Waals surface area (Å²) < 4.78 is 5.77. The molecule has 2 aromatic carbocycles. The third kappa shape index (κ3) is 2.94. The Kier molecular flexibility index (Phi) is 4.23. The molecule has 0 bridgehead atoms. The maximum atomic E-state index is 5.81. The smallest absolute Gasteiger partial charge is 0.122 e. The van der Waals surface area contributed by atoms with Crippen LogP contribution in [0.1, 0.15) is 29.5 Å². The largest absolute Gasteiger partial charge is 0.493 e. The molecule has 3 heteroatoms. The monoisotopic (exact) mass is 282 g/mol. The SMILES string of the molecule is CCc1ccc(CC(NN)C2COc3ccccc32)cc1. The molecule has 21 heavy (non-hydrogen) atoms. The zero-order chi connectivity index (χ0) is 14.7. The van der Waals surface area contributed by atoms with Crippen LogP contribution in [0.15, 0.2) is 48.5 Å². The Bertz CT molecular complexity index is 594. The minimum Gasteiger partial charge on any atom is -0.493 e. The van der Waals surface area contributed by atoms with Gasteiger partial charge < -0.3 is 4.74 Å². The van der Waals surface area contributed by atoms with Gasteiger partial charge in [-0.15, -0.1) is 0 Å². The van der Waals surface area contributed by atoms with Crippen molar-refractivity contribution in [2.45, 2.75) is 31.7 Å². The highest BCUT2D eigenvalue weighted by Crippen LogP contribution is 2.36. The fraction of sp³-hybridized carbons (Fsp3) is 0.333. The van der Waals surface area contributed by atoms with Crippen LogP contribution in [-0.4, -0.2) is 12.6 Å². The number of para-hydroxylation sites is 1. The van der Waals surface area contributed by atoms with Gasteiger partial charge in [0.05, 0.1) is 6.61 Å². The van der Waals surface area contributed by atoms with Crippen LogP contribution in [0.2, 0.25) is 0 Å². The standard InChI is InChI=1S/C18H22N2O/c1-2-13-7-9-14(10-8-13)11-17(20-19)16-12-21-18-6-4-3-5-15(16)18/h3-10,16-17,20H,2,11-12,19H2,1H3. The summed E-state index contributed by atoms with van der Waals surface area (Å²) in [7, 11) is 0. The van der Waals surface area contributed by atoms with Crippen LogP contribution in [0.4, 0.5) is 0 Å². The van der Waals surface area contributed by atoms with Crippen molar-refractivity contribution in [2.75, 3.05) is 6.61 Å². The third-order valence-corrected chi connectivity index (χ3v) is 4.32. The molecule has 0 radical (unpaired) electrons. The normalized spacial score (nSPS) is 18.1. The average Bonchev–Trinajstić information content (AvgIpc) is 2.97. The second-order valence-corrected chi connectivity index (χ2v) is 5.60. The average molecular weight is 282 g/mol. The van der Waals surface area contributed by atoms with E-state index in [0.29, 0.717) is 12.5 Å². The Hall–Kier alpha value is -1.84. The van der Waals surface area contributed by atoms with Crippen LogP contribution in [0, 0.1) is 0 Å². The molecule has 1 aliphatic rings. The fourth-order valence-electron chi connectivity index (χ4n) is 3.00. The van der Waals surface area contributed by atoms with Crippen molar-refractivity contribution in [3.8, 4) is 5.75 Å². The van der Waals surface area contributed by atoms with E-state index < -0.39 is 0 Å². The van der Waals surface area contributed by atoms with E-state index in [1.807, 2.05) is 12.1 Å². The van der Waals surface area contributed by atoms with Crippen molar-refractivity contribution in [3.63, 3.8) is 0 Å². The van der Waals surface area contributed by atoms with E-state index in [4.69, 9.17) is 10.6 Å². The highest BCUT2D eigenvalue weighted by Gasteiger charge is 2.30. The van der Waals surface area contributed by atoms with Gasteiger partial charge in [-0.3, -0.25) is 11.3 Å². The second-order valence-electron chi connectivity index (χ2n) is 5.60.